The van der Waals surface area contributed by atoms with Gasteiger partial charge in [0.15, 0.2) is 0 Å². The van der Waals surface area contributed by atoms with Gasteiger partial charge < -0.3 is 10.1 Å². The molecule has 1 aromatic carbocycles. The number of hydrogen-bond donors (Lipinski definition) is 1. The number of carbonyl (C=O) groups is 1. The Morgan fingerprint density at radius 3 is 2.94 bits per heavy atom. The summed E-state index contributed by atoms with van der Waals surface area (Å²) in [6, 6.07) is 10.3. The molecule has 3 nitrogen and oxygen atoms in total. The lowest BCUT2D eigenvalue weighted by molar-refractivity contribution is -0.148. The van der Waals surface area contributed by atoms with Crippen LogP contribution in [0.2, 0.25) is 0 Å². The third kappa shape index (κ3) is 4.70. The van der Waals surface area contributed by atoms with Gasteiger partial charge in [-0.2, -0.15) is 0 Å². The van der Waals surface area contributed by atoms with Gasteiger partial charge in [-0.1, -0.05) is 18.2 Å². The van der Waals surface area contributed by atoms with Gasteiger partial charge in [0.2, 0.25) is 0 Å². The minimum absolute atomic E-state index is 0.0580. The van der Waals surface area contributed by atoms with Crippen LogP contribution in [0.4, 0.5) is 0 Å². The van der Waals surface area contributed by atoms with E-state index in [1.807, 2.05) is 18.2 Å². The lowest BCUT2D eigenvalue weighted by Gasteiger charge is -2.10. The molecule has 4 heteroatoms. The fraction of sp³-hybridized carbons (Fsp3) is 0.500. The molecule has 1 aromatic rings. The Balaban J connectivity index is 1.56. The number of ether oxygens (including phenoxy) is 1. The monoisotopic (exact) mass is 265 g/mol. The minimum atomic E-state index is -0.0580. The topological polar surface area (TPSA) is 38.3 Å². The van der Waals surface area contributed by atoms with Gasteiger partial charge in [-0.25, -0.2) is 0 Å². The zero-order valence-corrected chi connectivity index (χ0v) is 11.2. The molecule has 1 heterocycles. The van der Waals surface area contributed by atoms with Crippen LogP contribution in [0.5, 0.6) is 0 Å². The van der Waals surface area contributed by atoms with Crippen LogP contribution >= 0.6 is 11.8 Å². The van der Waals surface area contributed by atoms with Gasteiger partial charge in [0.05, 0.1) is 0 Å². The van der Waals surface area contributed by atoms with E-state index in [4.69, 9.17) is 4.74 Å². The van der Waals surface area contributed by atoms with Crippen molar-refractivity contribution in [3.8, 4) is 0 Å². The van der Waals surface area contributed by atoms with Crippen molar-refractivity contribution >= 4 is 17.7 Å². The van der Waals surface area contributed by atoms with Crippen molar-refractivity contribution in [1.29, 1.82) is 0 Å². The van der Waals surface area contributed by atoms with Gasteiger partial charge in [0.1, 0.15) is 6.10 Å². The van der Waals surface area contributed by atoms with Crippen LogP contribution in [0, 0.1) is 0 Å². The summed E-state index contributed by atoms with van der Waals surface area (Å²) in [4.78, 5) is 12.8. The molecule has 0 bridgehead atoms. The van der Waals surface area contributed by atoms with Crippen LogP contribution in [0.25, 0.3) is 0 Å². The Morgan fingerprint density at radius 1 is 1.39 bits per heavy atom. The predicted molar refractivity (Wildman–Crippen MR) is 73.8 cm³/mol. The molecule has 1 fully saturated rings. The van der Waals surface area contributed by atoms with Gasteiger partial charge in [-0.3, -0.25) is 4.79 Å². The molecule has 2 rings (SSSR count). The fourth-order valence-electron chi connectivity index (χ4n) is 1.90. The predicted octanol–water partition coefficient (Wildman–Crippen LogP) is 2.46. The van der Waals surface area contributed by atoms with Gasteiger partial charge in [-0.15, -0.1) is 11.8 Å². The van der Waals surface area contributed by atoms with Crippen LogP contribution in [-0.2, 0) is 9.53 Å². The molecule has 1 atom stereocenters. The first-order valence-corrected chi connectivity index (χ1v) is 7.41. The smallest absolute Gasteiger partial charge is 0.306 e. The molecule has 0 spiro atoms. The fourth-order valence-corrected chi connectivity index (χ4v) is 2.77. The average molecular weight is 265 g/mol. The zero-order chi connectivity index (χ0) is 12.6. The van der Waals surface area contributed by atoms with E-state index in [1.165, 1.54) is 4.90 Å². The summed E-state index contributed by atoms with van der Waals surface area (Å²) in [7, 11) is 0. The summed E-state index contributed by atoms with van der Waals surface area (Å²) in [6.45, 7) is 1.77. The summed E-state index contributed by atoms with van der Waals surface area (Å²) < 4.78 is 5.35. The van der Waals surface area contributed by atoms with Crippen LogP contribution in [0.1, 0.15) is 19.3 Å². The van der Waals surface area contributed by atoms with E-state index in [-0.39, 0.29) is 12.1 Å². The highest BCUT2D eigenvalue weighted by Gasteiger charge is 2.18. The number of carbonyl (C=O) groups excluding carboxylic acids is 1. The standard InChI is InChI=1S/C14H19NO2S/c16-14(17-12-8-9-15-11-12)7-4-10-18-13-5-2-1-3-6-13/h1-3,5-6,12,15H,4,7-11H2/t12-/m1/s1. The maximum atomic E-state index is 11.6. The molecule has 1 aliphatic rings. The summed E-state index contributed by atoms with van der Waals surface area (Å²) in [5.41, 5.74) is 0. The highest BCUT2D eigenvalue weighted by Crippen LogP contribution is 2.18. The summed E-state index contributed by atoms with van der Waals surface area (Å²) in [6.07, 6.45) is 2.44. The second kappa shape index (κ2) is 7.44. The molecule has 0 aliphatic carbocycles. The second-order valence-electron chi connectivity index (χ2n) is 4.37. The summed E-state index contributed by atoms with van der Waals surface area (Å²) in [5, 5.41) is 3.19. The van der Waals surface area contributed by atoms with Gasteiger partial charge in [0, 0.05) is 17.9 Å². The SMILES string of the molecule is O=C(CCCSc1ccccc1)O[C@@H]1CCNC1. The maximum absolute atomic E-state index is 11.6. The number of rotatable bonds is 6. The van der Waals surface area contributed by atoms with E-state index in [2.05, 4.69) is 17.4 Å². The number of benzene rings is 1. The molecule has 18 heavy (non-hydrogen) atoms. The highest BCUT2D eigenvalue weighted by atomic mass is 32.2. The molecular weight excluding hydrogens is 246 g/mol. The van der Waals surface area contributed by atoms with Crippen molar-refractivity contribution < 1.29 is 9.53 Å². The zero-order valence-electron chi connectivity index (χ0n) is 10.4. The lowest BCUT2D eigenvalue weighted by atomic mass is 10.3. The van der Waals surface area contributed by atoms with Crippen molar-refractivity contribution in [2.75, 3.05) is 18.8 Å². The Morgan fingerprint density at radius 2 is 2.22 bits per heavy atom. The normalized spacial score (nSPS) is 18.8. The largest absolute Gasteiger partial charge is 0.461 e. The van der Waals surface area contributed by atoms with E-state index in [1.54, 1.807) is 11.8 Å². The minimum Gasteiger partial charge on any atom is -0.461 e. The number of hydrogen-bond acceptors (Lipinski definition) is 4. The van der Waals surface area contributed by atoms with Crippen LogP contribution in [0.15, 0.2) is 35.2 Å². The van der Waals surface area contributed by atoms with E-state index >= 15 is 0 Å². The van der Waals surface area contributed by atoms with E-state index < -0.39 is 0 Å². The molecule has 1 aliphatic heterocycles. The number of esters is 1. The van der Waals surface area contributed by atoms with Crippen molar-refractivity contribution in [2.45, 2.75) is 30.3 Å². The van der Waals surface area contributed by atoms with E-state index in [9.17, 15) is 4.79 Å². The maximum Gasteiger partial charge on any atom is 0.306 e. The van der Waals surface area contributed by atoms with Crippen LogP contribution < -0.4 is 5.32 Å². The third-order valence-corrected chi connectivity index (χ3v) is 3.95. The third-order valence-electron chi connectivity index (χ3n) is 2.85. The number of nitrogens with one attached hydrogen (secondary N) is 1. The van der Waals surface area contributed by atoms with E-state index in [0.717, 1.165) is 31.7 Å². The average Bonchev–Trinajstić information content (AvgIpc) is 2.89. The van der Waals surface area contributed by atoms with Gasteiger partial charge in [0.25, 0.3) is 0 Å². The van der Waals surface area contributed by atoms with Crippen LogP contribution in [0.3, 0.4) is 0 Å². The van der Waals surface area contributed by atoms with Gasteiger partial charge in [-0.05, 0) is 37.3 Å². The molecule has 0 amide bonds. The van der Waals surface area contributed by atoms with Crippen molar-refractivity contribution in [1.82, 2.24) is 5.32 Å². The molecular formula is C14H19NO2S. The Hall–Kier alpha value is -1.00. The van der Waals surface area contributed by atoms with Gasteiger partial charge >= 0.3 is 5.97 Å². The molecule has 98 valence electrons. The van der Waals surface area contributed by atoms with Crippen molar-refractivity contribution in [2.24, 2.45) is 0 Å². The van der Waals surface area contributed by atoms with Crippen molar-refractivity contribution in [3.05, 3.63) is 30.3 Å². The highest BCUT2D eigenvalue weighted by molar-refractivity contribution is 7.99. The first-order valence-electron chi connectivity index (χ1n) is 6.42. The second-order valence-corrected chi connectivity index (χ2v) is 5.54. The Bertz CT molecular complexity index is 363. The quantitative estimate of drug-likeness (QED) is 0.487. The van der Waals surface area contributed by atoms with Crippen LogP contribution in [-0.4, -0.2) is 30.9 Å². The lowest BCUT2D eigenvalue weighted by Crippen LogP contribution is -2.20. The molecule has 0 radical (unpaired) electrons. The summed E-state index contributed by atoms with van der Waals surface area (Å²) >= 11 is 1.79. The molecule has 0 aromatic heterocycles. The molecule has 1 saturated heterocycles. The Labute approximate surface area is 112 Å². The molecule has 0 unspecified atom stereocenters. The number of thioether (sulfide) groups is 1. The molecule has 0 saturated carbocycles. The van der Waals surface area contributed by atoms with Crippen molar-refractivity contribution in [3.63, 3.8) is 0 Å². The first kappa shape index (κ1) is 13.4. The van der Waals surface area contributed by atoms with E-state index in [0.29, 0.717) is 6.42 Å². The molecule has 1 N–H and O–H groups in total. The summed E-state index contributed by atoms with van der Waals surface area (Å²) in [5.74, 6) is 0.902. The first-order chi connectivity index (χ1) is 8.84. The Kier molecular flexibility index (Phi) is 5.55.